The number of rotatable bonds is 10. The van der Waals surface area contributed by atoms with Crippen LogP contribution in [-0.4, -0.2) is 55.3 Å². The number of carbonyl (C=O) groups excluding carboxylic acids is 2. The SMILES string of the molecule is COC(=O)c1cc(OC)c(OC)cc1NC(=O)CN(c1cccc(C(F)(F)F)c1)S(=O)(=O)c1cc(C)ccc1OC. The molecule has 0 unspecified atom stereocenters. The summed E-state index contributed by atoms with van der Waals surface area (Å²) in [6, 6.07) is 10.3. The van der Waals surface area contributed by atoms with Crippen molar-refractivity contribution in [2.45, 2.75) is 18.0 Å². The smallest absolute Gasteiger partial charge is 0.416 e. The summed E-state index contributed by atoms with van der Waals surface area (Å²) in [6.45, 7) is 0.640. The Balaban J connectivity index is 2.14. The van der Waals surface area contributed by atoms with Crippen LogP contribution in [0, 0.1) is 6.92 Å². The molecule has 0 aliphatic rings. The number of amides is 1. The first-order valence-corrected chi connectivity index (χ1v) is 13.2. The Morgan fingerprint density at radius 2 is 1.51 bits per heavy atom. The van der Waals surface area contributed by atoms with Gasteiger partial charge in [0.05, 0.1) is 50.9 Å². The Bertz CT molecular complexity index is 1560. The summed E-state index contributed by atoms with van der Waals surface area (Å²) in [5.41, 5.74) is -1.30. The van der Waals surface area contributed by atoms with Gasteiger partial charge in [-0.25, -0.2) is 13.2 Å². The molecule has 0 spiro atoms. The predicted octanol–water partition coefficient (Wildman–Crippen LogP) is 4.66. The fourth-order valence-electron chi connectivity index (χ4n) is 3.84. The molecule has 0 saturated heterocycles. The molecule has 0 aliphatic heterocycles. The minimum absolute atomic E-state index is 0.0825. The van der Waals surface area contributed by atoms with Crippen LogP contribution in [-0.2, 0) is 25.7 Å². The van der Waals surface area contributed by atoms with E-state index in [1.54, 1.807) is 13.0 Å². The third kappa shape index (κ3) is 6.82. The summed E-state index contributed by atoms with van der Waals surface area (Å²) in [4.78, 5) is 25.3. The van der Waals surface area contributed by atoms with E-state index in [9.17, 15) is 31.2 Å². The van der Waals surface area contributed by atoms with Crippen molar-refractivity contribution in [1.82, 2.24) is 0 Å². The molecule has 3 aromatic carbocycles. The second-order valence-corrected chi connectivity index (χ2v) is 10.3. The van der Waals surface area contributed by atoms with Gasteiger partial charge >= 0.3 is 12.1 Å². The summed E-state index contributed by atoms with van der Waals surface area (Å²) >= 11 is 0. The van der Waals surface area contributed by atoms with Gasteiger partial charge in [-0.15, -0.1) is 0 Å². The number of sulfonamides is 1. The highest BCUT2D eigenvalue weighted by Crippen LogP contribution is 2.36. The van der Waals surface area contributed by atoms with Crippen LogP contribution in [0.5, 0.6) is 17.2 Å². The Kier molecular flexibility index (Phi) is 9.38. The minimum Gasteiger partial charge on any atom is -0.495 e. The molecule has 41 heavy (non-hydrogen) atoms. The Hall–Kier alpha value is -4.46. The van der Waals surface area contributed by atoms with Gasteiger partial charge in [0, 0.05) is 12.1 Å². The van der Waals surface area contributed by atoms with Crippen molar-refractivity contribution in [3.63, 3.8) is 0 Å². The second-order valence-electron chi connectivity index (χ2n) is 8.51. The van der Waals surface area contributed by atoms with E-state index in [1.807, 2.05) is 0 Å². The van der Waals surface area contributed by atoms with Crippen LogP contribution in [0.3, 0.4) is 0 Å². The molecule has 3 rings (SSSR count). The van der Waals surface area contributed by atoms with Crippen LogP contribution in [0.15, 0.2) is 59.5 Å². The molecule has 0 aromatic heterocycles. The monoisotopic (exact) mass is 596 g/mol. The van der Waals surface area contributed by atoms with Crippen molar-refractivity contribution in [3.8, 4) is 17.2 Å². The summed E-state index contributed by atoms with van der Waals surface area (Å²) in [5, 5.41) is 2.43. The lowest BCUT2D eigenvalue weighted by Gasteiger charge is -2.26. The summed E-state index contributed by atoms with van der Waals surface area (Å²) in [6.07, 6.45) is -4.79. The number of ether oxygens (including phenoxy) is 4. The quantitative estimate of drug-likeness (QED) is 0.336. The zero-order valence-corrected chi connectivity index (χ0v) is 23.5. The Labute approximate surface area is 234 Å². The van der Waals surface area contributed by atoms with Crippen molar-refractivity contribution < 1.29 is 50.1 Å². The van der Waals surface area contributed by atoms with Gasteiger partial charge in [0.25, 0.3) is 10.0 Å². The molecule has 1 amide bonds. The van der Waals surface area contributed by atoms with Crippen molar-refractivity contribution in [3.05, 3.63) is 71.3 Å². The highest BCUT2D eigenvalue weighted by atomic mass is 32.2. The van der Waals surface area contributed by atoms with E-state index >= 15 is 0 Å². The van der Waals surface area contributed by atoms with E-state index in [0.717, 1.165) is 25.3 Å². The van der Waals surface area contributed by atoms with E-state index in [2.05, 4.69) is 5.32 Å². The van der Waals surface area contributed by atoms with Crippen LogP contribution in [0.1, 0.15) is 21.5 Å². The molecule has 0 bridgehead atoms. The maximum absolute atomic E-state index is 13.9. The fraction of sp³-hybridized carbons (Fsp3) is 0.259. The normalized spacial score (nSPS) is 11.4. The number of nitrogens with zero attached hydrogens (tertiary/aromatic N) is 1. The lowest BCUT2D eigenvalue weighted by molar-refractivity contribution is -0.137. The van der Waals surface area contributed by atoms with Gasteiger partial charge in [0.2, 0.25) is 5.91 Å². The largest absolute Gasteiger partial charge is 0.495 e. The van der Waals surface area contributed by atoms with Crippen molar-refractivity contribution in [2.75, 3.05) is 44.6 Å². The third-order valence-corrected chi connectivity index (χ3v) is 7.63. The number of anilines is 2. The van der Waals surface area contributed by atoms with Crippen molar-refractivity contribution >= 4 is 33.3 Å². The number of aryl methyl sites for hydroxylation is 1. The number of hydrogen-bond acceptors (Lipinski definition) is 8. The molecular formula is C27H27F3N2O8S. The number of alkyl halides is 3. The number of methoxy groups -OCH3 is 4. The highest BCUT2D eigenvalue weighted by molar-refractivity contribution is 7.93. The second kappa shape index (κ2) is 12.4. The van der Waals surface area contributed by atoms with Crippen molar-refractivity contribution in [1.29, 1.82) is 0 Å². The van der Waals surface area contributed by atoms with E-state index in [4.69, 9.17) is 18.9 Å². The standard InChI is InChI=1S/C27H27F3N2O8S/c1-16-9-10-21(37-2)24(11-16)41(35,36)32(18-8-6-7-17(12-18)27(28,29)30)15-25(33)31-20-14-23(39-4)22(38-3)13-19(20)26(34)40-5/h6-14H,15H2,1-5H3,(H,31,33). The summed E-state index contributed by atoms with van der Waals surface area (Å²) in [7, 11) is 0.312. The molecule has 3 aromatic rings. The third-order valence-electron chi connectivity index (χ3n) is 5.84. The van der Waals surface area contributed by atoms with E-state index < -0.39 is 45.9 Å². The van der Waals surface area contributed by atoms with E-state index in [-0.39, 0.29) is 33.4 Å². The van der Waals surface area contributed by atoms with Crippen LogP contribution in [0.4, 0.5) is 24.5 Å². The molecule has 0 aliphatic carbocycles. The summed E-state index contributed by atoms with van der Waals surface area (Å²) < 4.78 is 89.2. The van der Waals surface area contributed by atoms with Crippen LogP contribution in [0.2, 0.25) is 0 Å². The average Bonchev–Trinajstić information content (AvgIpc) is 2.94. The topological polar surface area (TPSA) is 120 Å². The number of hydrogen-bond donors (Lipinski definition) is 1. The zero-order valence-electron chi connectivity index (χ0n) is 22.7. The van der Waals surface area contributed by atoms with Gasteiger partial charge in [-0.1, -0.05) is 12.1 Å². The molecule has 0 heterocycles. The Morgan fingerprint density at radius 3 is 2.10 bits per heavy atom. The van der Waals surface area contributed by atoms with Crippen molar-refractivity contribution in [2.24, 2.45) is 0 Å². The molecule has 0 radical (unpaired) electrons. The van der Waals surface area contributed by atoms with Gasteiger partial charge in [-0.05, 0) is 42.8 Å². The van der Waals surface area contributed by atoms with Crippen LogP contribution < -0.4 is 23.8 Å². The fourth-order valence-corrected chi connectivity index (χ4v) is 5.49. The zero-order chi connectivity index (χ0) is 30.5. The minimum atomic E-state index is -4.79. The van der Waals surface area contributed by atoms with Gasteiger partial charge in [-0.2, -0.15) is 13.2 Å². The molecule has 0 atom stereocenters. The predicted molar refractivity (Wildman–Crippen MR) is 143 cm³/mol. The highest BCUT2D eigenvalue weighted by Gasteiger charge is 2.34. The lowest BCUT2D eigenvalue weighted by Crippen LogP contribution is -2.38. The maximum Gasteiger partial charge on any atom is 0.416 e. The number of nitrogens with one attached hydrogen (secondary N) is 1. The first-order valence-electron chi connectivity index (χ1n) is 11.8. The molecule has 10 nitrogen and oxygen atoms in total. The van der Waals surface area contributed by atoms with Gasteiger partial charge in [0.1, 0.15) is 17.2 Å². The van der Waals surface area contributed by atoms with Crippen LogP contribution in [0.25, 0.3) is 0 Å². The maximum atomic E-state index is 13.9. The molecular weight excluding hydrogens is 569 g/mol. The molecule has 220 valence electrons. The van der Waals surface area contributed by atoms with Gasteiger partial charge in [-0.3, -0.25) is 9.10 Å². The van der Waals surface area contributed by atoms with Crippen LogP contribution >= 0.6 is 0 Å². The van der Waals surface area contributed by atoms with Gasteiger partial charge in [0.15, 0.2) is 11.5 Å². The average molecular weight is 597 g/mol. The van der Waals surface area contributed by atoms with E-state index in [1.165, 1.54) is 45.6 Å². The summed E-state index contributed by atoms with van der Waals surface area (Å²) in [5.74, 6) is -1.66. The molecule has 0 fully saturated rings. The first kappa shape index (κ1) is 31.1. The molecule has 1 N–H and O–H groups in total. The molecule has 14 heteroatoms. The molecule has 0 saturated carbocycles. The van der Waals surface area contributed by atoms with Gasteiger partial charge < -0.3 is 24.3 Å². The number of benzene rings is 3. The Morgan fingerprint density at radius 1 is 0.878 bits per heavy atom. The number of esters is 1. The van der Waals surface area contributed by atoms with E-state index in [0.29, 0.717) is 15.9 Å². The number of carbonyl (C=O) groups is 2. The lowest BCUT2D eigenvalue weighted by atomic mass is 10.1. The number of halogens is 3. The first-order chi connectivity index (χ1) is 19.3.